The van der Waals surface area contributed by atoms with Crippen LogP contribution in [0.3, 0.4) is 0 Å². The van der Waals surface area contributed by atoms with Crippen LogP contribution in [-0.4, -0.2) is 32.1 Å². The zero-order chi connectivity index (χ0) is 12.3. The van der Waals surface area contributed by atoms with Crippen LogP contribution in [0.15, 0.2) is 30.3 Å². The first-order chi connectivity index (χ1) is 8.05. The van der Waals surface area contributed by atoms with E-state index in [2.05, 4.69) is 5.32 Å². The van der Waals surface area contributed by atoms with Gasteiger partial charge in [0, 0.05) is 6.04 Å². The third-order valence-corrected chi connectivity index (χ3v) is 4.28. The monoisotopic (exact) mass is 255 g/mol. The molecule has 0 spiro atoms. The minimum Gasteiger partial charge on any atom is -0.410 e. The Hall–Kier alpha value is -1.56. The van der Waals surface area contributed by atoms with E-state index < -0.39 is 15.9 Å². The van der Waals surface area contributed by atoms with Gasteiger partial charge in [0.15, 0.2) is 9.84 Å². The molecule has 2 rings (SSSR count). The molecule has 0 unspecified atom stereocenters. The van der Waals surface area contributed by atoms with Crippen LogP contribution < -0.4 is 10.1 Å². The van der Waals surface area contributed by atoms with Crippen molar-refractivity contribution in [3.8, 4) is 5.75 Å². The van der Waals surface area contributed by atoms with Crippen molar-refractivity contribution >= 4 is 15.9 Å². The van der Waals surface area contributed by atoms with E-state index in [0.717, 1.165) is 0 Å². The van der Waals surface area contributed by atoms with E-state index >= 15 is 0 Å². The van der Waals surface area contributed by atoms with E-state index in [1.54, 1.807) is 24.3 Å². The normalized spacial score (nSPS) is 22.0. The average Bonchev–Trinajstić information content (AvgIpc) is 2.59. The topological polar surface area (TPSA) is 72.5 Å². The van der Waals surface area contributed by atoms with Crippen molar-refractivity contribution in [2.24, 2.45) is 0 Å². The number of nitrogens with one attached hydrogen (secondary N) is 1. The number of hydrogen-bond donors (Lipinski definition) is 1. The fourth-order valence-corrected chi connectivity index (χ4v) is 3.37. The second kappa shape index (κ2) is 4.75. The number of para-hydroxylation sites is 1. The Balaban J connectivity index is 1.87. The molecule has 17 heavy (non-hydrogen) atoms. The molecule has 1 aliphatic heterocycles. The molecule has 1 aromatic carbocycles. The lowest BCUT2D eigenvalue weighted by atomic mass is 10.3. The van der Waals surface area contributed by atoms with Crippen molar-refractivity contribution in [3.63, 3.8) is 0 Å². The number of rotatable bonds is 2. The van der Waals surface area contributed by atoms with Crippen molar-refractivity contribution in [1.29, 1.82) is 0 Å². The third-order valence-electron chi connectivity index (χ3n) is 2.51. The first-order valence-corrected chi connectivity index (χ1v) is 7.11. The van der Waals surface area contributed by atoms with Gasteiger partial charge in [-0.05, 0) is 18.6 Å². The molecule has 5 nitrogen and oxygen atoms in total. The zero-order valence-electron chi connectivity index (χ0n) is 9.13. The van der Waals surface area contributed by atoms with Gasteiger partial charge < -0.3 is 10.1 Å². The molecular formula is C11H13NO4S. The minimum absolute atomic E-state index is 0.00309. The van der Waals surface area contributed by atoms with Gasteiger partial charge in [-0.15, -0.1) is 0 Å². The second-order valence-electron chi connectivity index (χ2n) is 3.95. The van der Waals surface area contributed by atoms with E-state index in [9.17, 15) is 13.2 Å². The van der Waals surface area contributed by atoms with E-state index in [1.807, 2.05) is 6.07 Å². The number of benzene rings is 1. The van der Waals surface area contributed by atoms with Crippen molar-refractivity contribution in [1.82, 2.24) is 5.32 Å². The lowest BCUT2D eigenvalue weighted by Crippen LogP contribution is -2.37. The van der Waals surface area contributed by atoms with Crippen LogP contribution in [0.4, 0.5) is 4.79 Å². The molecule has 0 saturated carbocycles. The maximum atomic E-state index is 11.5. The van der Waals surface area contributed by atoms with Gasteiger partial charge in [0.1, 0.15) is 5.75 Å². The summed E-state index contributed by atoms with van der Waals surface area (Å²) in [6, 6.07) is 8.30. The lowest BCUT2D eigenvalue weighted by Gasteiger charge is -2.10. The molecule has 92 valence electrons. The van der Waals surface area contributed by atoms with Crippen LogP contribution >= 0.6 is 0 Å². The van der Waals surface area contributed by atoms with Crippen LogP contribution in [0, 0.1) is 0 Å². The molecule has 1 aromatic rings. The fourth-order valence-electron chi connectivity index (χ4n) is 1.70. The summed E-state index contributed by atoms with van der Waals surface area (Å²) in [5, 5.41) is 2.54. The van der Waals surface area contributed by atoms with Gasteiger partial charge in [0.25, 0.3) is 0 Å². The van der Waals surface area contributed by atoms with E-state index in [4.69, 9.17) is 4.74 Å². The first kappa shape index (κ1) is 11.9. The van der Waals surface area contributed by atoms with Crippen molar-refractivity contribution in [3.05, 3.63) is 30.3 Å². The molecule has 1 N–H and O–H groups in total. The zero-order valence-corrected chi connectivity index (χ0v) is 9.94. The largest absolute Gasteiger partial charge is 0.412 e. The van der Waals surface area contributed by atoms with Gasteiger partial charge in [-0.2, -0.15) is 0 Å². The van der Waals surface area contributed by atoms with E-state index in [1.165, 1.54) is 0 Å². The Morgan fingerprint density at radius 1 is 1.29 bits per heavy atom. The molecule has 1 saturated heterocycles. The predicted octanol–water partition coefficient (Wildman–Crippen LogP) is 0.962. The highest BCUT2D eigenvalue weighted by molar-refractivity contribution is 7.91. The molecule has 0 radical (unpaired) electrons. The third kappa shape index (κ3) is 3.45. The van der Waals surface area contributed by atoms with Gasteiger partial charge >= 0.3 is 6.09 Å². The number of carbonyl (C=O) groups is 1. The van der Waals surface area contributed by atoms with Crippen LogP contribution in [-0.2, 0) is 9.84 Å². The number of carbonyl (C=O) groups excluding carboxylic acids is 1. The van der Waals surface area contributed by atoms with Gasteiger partial charge in [0.2, 0.25) is 0 Å². The SMILES string of the molecule is O=C(N[C@H]1CCS(=O)(=O)C1)Oc1ccccc1. The van der Waals surface area contributed by atoms with Gasteiger partial charge in [-0.25, -0.2) is 13.2 Å². The number of amides is 1. The minimum atomic E-state index is -2.98. The fraction of sp³-hybridized carbons (Fsp3) is 0.364. The summed E-state index contributed by atoms with van der Waals surface area (Å²) >= 11 is 0. The first-order valence-electron chi connectivity index (χ1n) is 5.29. The summed E-state index contributed by atoms with van der Waals surface area (Å²) in [5.74, 6) is 0.561. The van der Waals surface area contributed by atoms with Crippen LogP contribution in [0.25, 0.3) is 0 Å². The summed E-state index contributed by atoms with van der Waals surface area (Å²) in [5.41, 5.74) is 0. The smallest absolute Gasteiger partial charge is 0.410 e. The van der Waals surface area contributed by atoms with Crippen molar-refractivity contribution in [2.75, 3.05) is 11.5 Å². The highest BCUT2D eigenvalue weighted by Gasteiger charge is 2.29. The van der Waals surface area contributed by atoms with Crippen molar-refractivity contribution in [2.45, 2.75) is 12.5 Å². The molecular weight excluding hydrogens is 242 g/mol. The highest BCUT2D eigenvalue weighted by Crippen LogP contribution is 2.12. The van der Waals surface area contributed by atoms with Gasteiger partial charge in [0.05, 0.1) is 11.5 Å². The quantitative estimate of drug-likeness (QED) is 0.854. The summed E-state index contributed by atoms with van der Waals surface area (Å²) in [6.07, 6.45) is -0.162. The van der Waals surface area contributed by atoms with E-state index in [-0.39, 0.29) is 17.5 Å². The molecule has 1 heterocycles. The summed E-state index contributed by atoms with van der Waals surface area (Å²) in [7, 11) is -2.98. The summed E-state index contributed by atoms with van der Waals surface area (Å²) in [6.45, 7) is 0. The molecule has 6 heteroatoms. The Labute approximate surface area is 99.7 Å². The predicted molar refractivity (Wildman–Crippen MR) is 62.7 cm³/mol. The van der Waals surface area contributed by atoms with Crippen molar-refractivity contribution < 1.29 is 17.9 Å². The molecule has 1 amide bonds. The van der Waals surface area contributed by atoms with Crippen LogP contribution in [0.1, 0.15) is 6.42 Å². The lowest BCUT2D eigenvalue weighted by molar-refractivity contribution is 0.197. The Bertz CT molecular complexity index is 497. The average molecular weight is 255 g/mol. The van der Waals surface area contributed by atoms with Gasteiger partial charge in [-0.1, -0.05) is 18.2 Å². The maximum absolute atomic E-state index is 11.5. The van der Waals surface area contributed by atoms with E-state index in [0.29, 0.717) is 12.2 Å². The molecule has 0 aromatic heterocycles. The summed E-state index contributed by atoms with van der Waals surface area (Å²) in [4.78, 5) is 11.5. The molecule has 0 bridgehead atoms. The number of hydrogen-bond acceptors (Lipinski definition) is 4. The van der Waals surface area contributed by atoms with Crippen LogP contribution in [0.5, 0.6) is 5.75 Å². The molecule has 0 aliphatic carbocycles. The Kier molecular flexibility index (Phi) is 3.33. The van der Waals surface area contributed by atoms with Gasteiger partial charge in [-0.3, -0.25) is 0 Å². The standard InChI is InChI=1S/C11H13NO4S/c13-11(16-10-4-2-1-3-5-10)12-9-6-7-17(14,15)8-9/h1-5,9H,6-8H2,(H,12,13)/t9-/m0/s1. The van der Waals surface area contributed by atoms with Crippen LogP contribution in [0.2, 0.25) is 0 Å². The maximum Gasteiger partial charge on any atom is 0.412 e. The Morgan fingerprint density at radius 2 is 2.00 bits per heavy atom. The Morgan fingerprint density at radius 3 is 2.59 bits per heavy atom. The summed E-state index contributed by atoms with van der Waals surface area (Å²) < 4.78 is 27.4. The molecule has 1 fully saturated rings. The number of ether oxygens (including phenoxy) is 1. The second-order valence-corrected chi connectivity index (χ2v) is 6.18. The number of sulfone groups is 1. The molecule has 1 aliphatic rings. The molecule has 1 atom stereocenters. The highest BCUT2D eigenvalue weighted by atomic mass is 32.2.